The van der Waals surface area contributed by atoms with Crippen molar-refractivity contribution >= 4 is 26.5 Å². The third-order valence-electron chi connectivity index (χ3n) is 4.87. The second-order valence-electron chi connectivity index (χ2n) is 6.57. The third-order valence-corrected chi connectivity index (χ3v) is 7.64. The quantitative estimate of drug-likeness (QED) is 0.901. The maximum atomic E-state index is 11.7. The van der Waals surface area contributed by atoms with Crippen LogP contribution in [0.2, 0.25) is 0 Å². The van der Waals surface area contributed by atoms with Gasteiger partial charge >= 0.3 is 0 Å². The lowest BCUT2D eigenvalue weighted by atomic mass is 9.87. The maximum Gasteiger partial charge on any atom is 0.249 e. The maximum absolute atomic E-state index is 11.7. The molecule has 1 spiro atoms. The van der Waals surface area contributed by atoms with Gasteiger partial charge in [-0.2, -0.15) is 0 Å². The lowest BCUT2D eigenvalue weighted by Gasteiger charge is -2.35. The van der Waals surface area contributed by atoms with Crippen molar-refractivity contribution in [3.63, 3.8) is 0 Å². The van der Waals surface area contributed by atoms with Gasteiger partial charge in [-0.05, 0) is 43.0 Å². The standard InChI is InChI=1S/C16H19N3O3S2/c1-10-14(24(17,20)21)23-15(18-10)19-8-11-3-4-12(22-2)7-13(11)16(9-19)5-6-16/h3-4,7H,5-6,8-9H2,1-2H3,(H2,17,20,21). The Kier molecular flexibility index (Phi) is 3.42. The van der Waals surface area contributed by atoms with E-state index in [1.54, 1.807) is 14.0 Å². The van der Waals surface area contributed by atoms with E-state index >= 15 is 0 Å². The first kappa shape index (κ1) is 15.9. The van der Waals surface area contributed by atoms with Crippen molar-refractivity contribution in [1.29, 1.82) is 0 Å². The van der Waals surface area contributed by atoms with Gasteiger partial charge in [0.1, 0.15) is 5.75 Å². The molecule has 0 unspecified atom stereocenters. The number of nitrogens with zero attached hydrogens (tertiary/aromatic N) is 2. The van der Waals surface area contributed by atoms with Crippen LogP contribution in [-0.4, -0.2) is 27.1 Å². The number of aryl methyl sites for hydroxylation is 1. The van der Waals surface area contributed by atoms with E-state index in [0.717, 1.165) is 48.1 Å². The molecule has 1 fully saturated rings. The van der Waals surface area contributed by atoms with Crippen LogP contribution in [0.4, 0.5) is 5.13 Å². The first-order valence-corrected chi connectivity index (χ1v) is 10.1. The minimum absolute atomic E-state index is 0.142. The molecule has 4 rings (SSSR count). The Labute approximate surface area is 145 Å². The number of benzene rings is 1. The van der Waals surface area contributed by atoms with Crippen molar-refractivity contribution in [2.24, 2.45) is 5.14 Å². The molecular weight excluding hydrogens is 346 g/mol. The summed E-state index contributed by atoms with van der Waals surface area (Å²) in [4.78, 5) is 6.64. The van der Waals surface area contributed by atoms with E-state index in [4.69, 9.17) is 9.88 Å². The van der Waals surface area contributed by atoms with E-state index in [1.165, 1.54) is 11.1 Å². The van der Waals surface area contributed by atoms with Crippen LogP contribution in [0.25, 0.3) is 0 Å². The summed E-state index contributed by atoms with van der Waals surface area (Å²) < 4.78 is 28.9. The zero-order valence-electron chi connectivity index (χ0n) is 13.6. The minimum atomic E-state index is -3.72. The Morgan fingerprint density at radius 1 is 1.38 bits per heavy atom. The molecule has 128 valence electrons. The topological polar surface area (TPSA) is 85.5 Å². The molecule has 1 aromatic carbocycles. The van der Waals surface area contributed by atoms with Crippen molar-refractivity contribution in [3.8, 4) is 5.75 Å². The summed E-state index contributed by atoms with van der Waals surface area (Å²) >= 11 is 1.16. The van der Waals surface area contributed by atoms with Gasteiger partial charge in [0.05, 0.1) is 12.8 Å². The van der Waals surface area contributed by atoms with Crippen LogP contribution < -0.4 is 14.8 Å². The Hall–Kier alpha value is -1.64. The normalized spacial score (nSPS) is 18.5. The smallest absolute Gasteiger partial charge is 0.249 e. The molecule has 1 saturated carbocycles. The molecule has 24 heavy (non-hydrogen) atoms. The summed E-state index contributed by atoms with van der Waals surface area (Å²) in [6.07, 6.45) is 2.27. The zero-order chi connectivity index (χ0) is 17.1. The van der Waals surface area contributed by atoms with Crippen LogP contribution in [0.15, 0.2) is 22.4 Å². The second kappa shape index (κ2) is 5.18. The largest absolute Gasteiger partial charge is 0.497 e. The van der Waals surface area contributed by atoms with Crippen LogP contribution >= 0.6 is 11.3 Å². The number of nitrogens with two attached hydrogens (primary N) is 1. The minimum Gasteiger partial charge on any atom is -0.497 e. The van der Waals surface area contributed by atoms with Crippen molar-refractivity contribution in [2.45, 2.75) is 35.9 Å². The average molecular weight is 365 g/mol. The van der Waals surface area contributed by atoms with Gasteiger partial charge in [0, 0.05) is 18.5 Å². The number of hydrogen-bond donors (Lipinski definition) is 1. The molecule has 6 nitrogen and oxygen atoms in total. The molecular formula is C16H19N3O3S2. The summed E-state index contributed by atoms with van der Waals surface area (Å²) in [5, 5.41) is 6.01. The van der Waals surface area contributed by atoms with Gasteiger partial charge in [0.15, 0.2) is 9.34 Å². The van der Waals surface area contributed by atoms with Gasteiger partial charge in [0.25, 0.3) is 0 Å². The van der Waals surface area contributed by atoms with Crippen molar-refractivity contribution in [2.75, 3.05) is 18.6 Å². The van der Waals surface area contributed by atoms with Gasteiger partial charge < -0.3 is 9.64 Å². The lowest BCUT2D eigenvalue weighted by molar-refractivity contribution is 0.412. The highest BCUT2D eigenvalue weighted by molar-refractivity contribution is 7.91. The summed E-state index contributed by atoms with van der Waals surface area (Å²) in [6.45, 7) is 3.26. The predicted molar refractivity (Wildman–Crippen MR) is 93.2 cm³/mol. The van der Waals surface area contributed by atoms with E-state index in [-0.39, 0.29) is 9.62 Å². The molecule has 1 aromatic heterocycles. The molecule has 0 atom stereocenters. The van der Waals surface area contributed by atoms with Crippen molar-refractivity contribution in [1.82, 2.24) is 4.98 Å². The highest BCUT2D eigenvalue weighted by Gasteiger charge is 2.49. The van der Waals surface area contributed by atoms with Gasteiger partial charge in [-0.1, -0.05) is 17.4 Å². The number of sulfonamides is 1. The number of methoxy groups -OCH3 is 1. The van der Waals surface area contributed by atoms with E-state index in [1.807, 2.05) is 6.07 Å². The molecule has 0 radical (unpaired) electrons. The molecule has 2 N–H and O–H groups in total. The van der Waals surface area contributed by atoms with Crippen molar-refractivity contribution in [3.05, 3.63) is 35.0 Å². The molecule has 1 aliphatic carbocycles. The van der Waals surface area contributed by atoms with Gasteiger partial charge in [0.2, 0.25) is 10.0 Å². The Morgan fingerprint density at radius 2 is 2.12 bits per heavy atom. The Balaban J connectivity index is 1.73. The number of rotatable bonds is 3. The lowest BCUT2D eigenvalue weighted by Crippen LogP contribution is -2.37. The number of aromatic nitrogens is 1. The third kappa shape index (κ3) is 2.49. The molecule has 2 aromatic rings. The summed E-state index contributed by atoms with van der Waals surface area (Å²) in [7, 11) is -2.04. The summed E-state index contributed by atoms with van der Waals surface area (Å²) in [5.74, 6) is 0.884. The van der Waals surface area contributed by atoms with E-state index in [9.17, 15) is 8.42 Å². The Morgan fingerprint density at radius 3 is 2.71 bits per heavy atom. The summed E-state index contributed by atoms with van der Waals surface area (Å²) in [6, 6.07) is 6.21. The first-order chi connectivity index (χ1) is 11.3. The SMILES string of the molecule is COc1ccc2c(c1)C1(CC1)CN(c1nc(C)c(S(N)(=O)=O)s1)C2. The first-order valence-electron chi connectivity index (χ1n) is 7.75. The molecule has 0 amide bonds. The highest BCUT2D eigenvalue weighted by atomic mass is 32.2. The molecule has 1 aliphatic heterocycles. The predicted octanol–water partition coefficient (Wildman–Crippen LogP) is 2.16. The monoisotopic (exact) mass is 365 g/mol. The average Bonchev–Trinajstić information content (AvgIpc) is 3.17. The number of anilines is 1. The highest BCUT2D eigenvalue weighted by Crippen LogP contribution is 2.54. The van der Waals surface area contributed by atoms with Crippen LogP contribution in [0.3, 0.4) is 0 Å². The fourth-order valence-corrected chi connectivity index (χ4v) is 5.45. The number of hydrogen-bond acceptors (Lipinski definition) is 6. The van der Waals surface area contributed by atoms with E-state index < -0.39 is 10.0 Å². The van der Waals surface area contributed by atoms with Gasteiger partial charge in [-0.25, -0.2) is 18.5 Å². The van der Waals surface area contributed by atoms with Gasteiger partial charge in [-0.3, -0.25) is 0 Å². The number of ether oxygens (including phenoxy) is 1. The van der Waals surface area contributed by atoms with Gasteiger partial charge in [-0.15, -0.1) is 0 Å². The van der Waals surface area contributed by atoms with Crippen molar-refractivity contribution < 1.29 is 13.2 Å². The van der Waals surface area contributed by atoms with Crippen LogP contribution in [0.5, 0.6) is 5.75 Å². The van der Waals surface area contributed by atoms with Crippen LogP contribution in [0.1, 0.15) is 29.7 Å². The zero-order valence-corrected chi connectivity index (χ0v) is 15.2. The van der Waals surface area contributed by atoms with E-state index in [2.05, 4.69) is 22.0 Å². The van der Waals surface area contributed by atoms with Crippen LogP contribution in [-0.2, 0) is 22.0 Å². The van der Waals surface area contributed by atoms with E-state index in [0.29, 0.717) is 5.69 Å². The Bertz CT molecular complexity index is 917. The molecule has 0 bridgehead atoms. The number of primary sulfonamides is 1. The number of thiazole rings is 1. The number of fused-ring (bicyclic) bond motifs is 2. The molecule has 2 aliphatic rings. The molecule has 0 saturated heterocycles. The second-order valence-corrected chi connectivity index (χ2v) is 9.31. The fraction of sp³-hybridized carbons (Fsp3) is 0.438. The summed E-state index contributed by atoms with van der Waals surface area (Å²) in [5.41, 5.74) is 3.23. The molecule has 8 heteroatoms. The van der Waals surface area contributed by atoms with Crippen LogP contribution in [0, 0.1) is 6.92 Å². The molecule has 2 heterocycles. The fourth-order valence-electron chi connectivity index (χ4n) is 3.51.